The number of nitrogens with zero attached hydrogens (tertiary/aromatic N) is 1. The van der Waals surface area contributed by atoms with Crippen molar-refractivity contribution >= 4 is 32.3 Å². The predicted octanol–water partition coefficient (Wildman–Crippen LogP) is 0.949. The average molecular weight is 397 g/mol. The third-order valence-corrected chi connectivity index (χ3v) is 5.47. The Kier molecular flexibility index (Phi) is 6.06. The topological polar surface area (TPSA) is 131 Å². The number of primary sulfonamides is 1. The summed E-state index contributed by atoms with van der Waals surface area (Å²) in [7, 11) is -4.58. The lowest BCUT2D eigenvalue weighted by molar-refractivity contribution is 0.385. The van der Waals surface area contributed by atoms with E-state index in [0.29, 0.717) is 12.1 Å². The Balaban J connectivity index is 0.00000288. The molecule has 0 aliphatic carbocycles. The van der Waals surface area contributed by atoms with E-state index in [4.69, 9.17) is 9.56 Å². The van der Waals surface area contributed by atoms with Gasteiger partial charge in [-0.3, -0.25) is 0 Å². The van der Waals surface area contributed by atoms with Crippen LogP contribution in [0, 0.1) is 0 Å². The Bertz CT molecular complexity index is 935. The second-order valence-corrected chi connectivity index (χ2v) is 8.62. The number of halogens is 1. The van der Waals surface area contributed by atoms with Gasteiger partial charge in [-0.05, 0) is 32.3 Å². The maximum atomic E-state index is 12.5. The van der Waals surface area contributed by atoms with Crippen LogP contribution in [-0.2, 0) is 26.4 Å². The van der Waals surface area contributed by atoms with Crippen LogP contribution in [0.5, 0.6) is 5.75 Å². The normalized spacial score (nSPS) is 12.2. The lowest BCUT2D eigenvalue weighted by atomic mass is 10.2. The van der Waals surface area contributed by atoms with Crippen LogP contribution in [0.25, 0.3) is 0 Å². The predicted molar refractivity (Wildman–Crippen MR) is 88.3 cm³/mol. The van der Waals surface area contributed by atoms with E-state index in [1.54, 1.807) is 19.0 Å². The minimum Gasteiger partial charge on any atom is -0.508 e. The van der Waals surface area contributed by atoms with Crippen molar-refractivity contribution in [3.8, 4) is 5.75 Å². The van der Waals surface area contributed by atoms with Crippen LogP contribution in [0.3, 0.4) is 0 Å². The Morgan fingerprint density at radius 3 is 2.25 bits per heavy atom. The van der Waals surface area contributed by atoms with Gasteiger partial charge in [0, 0.05) is 18.2 Å². The molecule has 0 aliphatic rings. The Hall–Kier alpha value is -1.59. The molecular weight excluding hydrogens is 380 g/mol. The number of sulfonamides is 1. The monoisotopic (exact) mass is 396 g/mol. The molecule has 0 fully saturated rings. The second kappa shape index (κ2) is 7.11. The van der Waals surface area contributed by atoms with E-state index in [-0.39, 0.29) is 27.9 Å². The lowest BCUT2D eigenvalue weighted by Crippen LogP contribution is -2.12. The summed E-state index contributed by atoms with van der Waals surface area (Å²) in [6.45, 7) is 0.336. The van der Waals surface area contributed by atoms with Crippen molar-refractivity contribution in [2.45, 2.75) is 21.4 Å². The fourth-order valence-electron chi connectivity index (χ4n) is 1.92. The number of phenolic OH excluding ortho intramolecular Hbond substituents is 1. The average Bonchev–Trinajstić information content (AvgIpc) is 2.90. The summed E-state index contributed by atoms with van der Waals surface area (Å²) in [5, 5.41) is 14.1. The third-order valence-electron chi connectivity index (χ3n) is 2.99. The molecule has 0 saturated carbocycles. The number of phenols is 1. The summed E-state index contributed by atoms with van der Waals surface area (Å²) in [6, 6.07) is 4.68. The SMILES string of the molecule is CN(C)Cc1cc(S(=O)(=O)c2coc(S(N)(=O)=O)c2)ccc1O.Cl. The highest BCUT2D eigenvalue weighted by Crippen LogP contribution is 2.28. The van der Waals surface area contributed by atoms with E-state index >= 15 is 0 Å². The minimum atomic E-state index is -4.13. The van der Waals surface area contributed by atoms with Crippen molar-refractivity contribution < 1.29 is 26.4 Å². The van der Waals surface area contributed by atoms with Crippen LogP contribution in [-0.4, -0.2) is 40.9 Å². The van der Waals surface area contributed by atoms with Gasteiger partial charge in [0.05, 0.1) is 4.90 Å². The molecule has 8 nitrogen and oxygen atoms in total. The number of rotatable bonds is 5. The summed E-state index contributed by atoms with van der Waals surface area (Å²) in [6.07, 6.45) is 0.813. The Labute approximate surface area is 146 Å². The van der Waals surface area contributed by atoms with Crippen LogP contribution in [0.2, 0.25) is 0 Å². The van der Waals surface area contributed by atoms with E-state index in [0.717, 1.165) is 12.3 Å². The molecule has 0 saturated heterocycles. The number of benzene rings is 1. The van der Waals surface area contributed by atoms with Gasteiger partial charge in [-0.2, -0.15) is 0 Å². The van der Waals surface area contributed by atoms with Gasteiger partial charge in [0.15, 0.2) is 0 Å². The van der Waals surface area contributed by atoms with Gasteiger partial charge in [-0.1, -0.05) is 0 Å². The van der Waals surface area contributed by atoms with Gasteiger partial charge in [0.2, 0.25) is 14.9 Å². The van der Waals surface area contributed by atoms with Crippen LogP contribution in [0.4, 0.5) is 0 Å². The molecule has 0 spiro atoms. The number of hydrogen-bond donors (Lipinski definition) is 2. The van der Waals surface area contributed by atoms with E-state index in [2.05, 4.69) is 0 Å². The fraction of sp³-hybridized carbons (Fsp3) is 0.231. The van der Waals surface area contributed by atoms with Gasteiger partial charge in [0.25, 0.3) is 10.0 Å². The van der Waals surface area contributed by atoms with Crippen molar-refractivity contribution in [2.24, 2.45) is 5.14 Å². The highest BCUT2D eigenvalue weighted by atomic mass is 35.5. The molecule has 24 heavy (non-hydrogen) atoms. The van der Waals surface area contributed by atoms with Crippen LogP contribution >= 0.6 is 12.4 Å². The summed E-state index contributed by atoms with van der Waals surface area (Å²) in [4.78, 5) is 1.35. The zero-order chi connectivity index (χ0) is 17.4. The molecule has 11 heteroatoms. The molecular formula is C13H17ClN2O6S2. The Morgan fingerprint density at radius 1 is 1.12 bits per heavy atom. The molecule has 2 rings (SSSR count). The van der Waals surface area contributed by atoms with Crippen molar-refractivity contribution in [1.82, 2.24) is 4.90 Å². The number of aromatic hydroxyl groups is 1. The van der Waals surface area contributed by atoms with Gasteiger partial charge in [-0.15, -0.1) is 12.4 Å². The van der Waals surface area contributed by atoms with Gasteiger partial charge in [-0.25, -0.2) is 22.0 Å². The van der Waals surface area contributed by atoms with Gasteiger partial charge < -0.3 is 14.4 Å². The van der Waals surface area contributed by atoms with E-state index in [1.807, 2.05) is 0 Å². The highest BCUT2D eigenvalue weighted by Gasteiger charge is 2.24. The maximum Gasteiger partial charge on any atom is 0.271 e. The lowest BCUT2D eigenvalue weighted by Gasteiger charge is -2.12. The molecule has 134 valence electrons. The number of hydrogen-bond acceptors (Lipinski definition) is 7. The number of nitrogens with two attached hydrogens (primary N) is 1. The second-order valence-electron chi connectivity index (χ2n) is 5.18. The van der Waals surface area contributed by atoms with Crippen LogP contribution < -0.4 is 5.14 Å². The summed E-state index contributed by atoms with van der Waals surface area (Å²) in [5.74, 6) is -0.0323. The standard InChI is InChI=1S/C13H16N2O6S2.ClH/c1-15(2)7-9-5-10(3-4-12(9)16)22(17,18)11-6-13(21-8-11)23(14,19)20;/h3-6,8,16H,7H2,1-2H3,(H2,14,19,20);1H. The molecule has 3 N–H and O–H groups in total. The first kappa shape index (κ1) is 20.5. The zero-order valence-electron chi connectivity index (χ0n) is 12.8. The van der Waals surface area contributed by atoms with Crippen LogP contribution in [0.1, 0.15) is 5.56 Å². The van der Waals surface area contributed by atoms with Crippen molar-refractivity contribution in [1.29, 1.82) is 0 Å². The molecule has 0 atom stereocenters. The largest absolute Gasteiger partial charge is 0.508 e. The molecule has 1 heterocycles. The molecule has 1 aromatic heterocycles. The molecule has 1 aromatic carbocycles. The molecule has 0 amide bonds. The van der Waals surface area contributed by atoms with Crippen molar-refractivity contribution in [3.05, 3.63) is 36.1 Å². The van der Waals surface area contributed by atoms with E-state index < -0.39 is 25.0 Å². The zero-order valence-corrected chi connectivity index (χ0v) is 15.3. The van der Waals surface area contributed by atoms with Gasteiger partial charge >= 0.3 is 0 Å². The molecule has 0 unspecified atom stereocenters. The third kappa shape index (κ3) is 4.28. The number of sulfone groups is 1. The maximum absolute atomic E-state index is 12.5. The smallest absolute Gasteiger partial charge is 0.271 e. The molecule has 2 aromatic rings. The van der Waals surface area contributed by atoms with E-state index in [1.165, 1.54) is 18.2 Å². The van der Waals surface area contributed by atoms with Gasteiger partial charge in [0.1, 0.15) is 16.9 Å². The summed E-state index contributed by atoms with van der Waals surface area (Å²) < 4.78 is 52.1. The molecule has 0 radical (unpaired) electrons. The summed E-state index contributed by atoms with van der Waals surface area (Å²) >= 11 is 0. The highest BCUT2D eigenvalue weighted by molar-refractivity contribution is 7.91. The first-order valence-electron chi connectivity index (χ1n) is 6.35. The quantitative estimate of drug-likeness (QED) is 0.768. The minimum absolute atomic E-state index is 0. The number of furan rings is 1. The van der Waals surface area contributed by atoms with Crippen molar-refractivity contribution in [3.63, 3.8) is 0 Å². The molecule has 0 aliphatic heterocycles. The van der Waals surface area contributed by atoms with Crippen LogP contribution in [0.15, 0.2) is 49.8 Å². The molecule has 0 bridgehead atoms. The first-order valence-corrected chi connectivity index (χ1v) is 9.38. The first-order chi connectivity index (χ1) is 10.5. The van der Waals surface area contributed by atoms with Crippen molar-refractivity contribution in [2.75, 3.05) is 14.1 Å². The Morgan fingerprint density at radius 2 is 1.75 bits per heavy atom. The van der Waals surface area contributed by atoms with E-state index in [9.17, 15) is 21.9 Å². The summed E-state index contributed by atoms with van der Waals surface area (Å²) in [5.41, 5.74) is 0.422. The fourth-order valence-corrected chi connectivity index (χ4v) is 3.72.